The molecule has 2 unspecified atom stereocenters. The molecule has 1 heterocycles. The maximum atomic E-state index is 11.9. The first-order chi connectivity index (χ1) is 12.6. The average Bonchev–Trinajstić information content (AvgIpc) is 2.67. The highest BCUT2D eigenvalue weighted by Crippen LogP contribution is 2.36. The first kappa shape index (κ1) is 19.4. The minimum atomic E-state index is 0.0415. The summed E-state index contributed by atoms with van der Waals surface area (Å²) in [6, 6.07) is 8.96. The van der Waals surface area contributed by atoms with Crippen molar-refractivity contribution in [2.75, 3.05) is 13.2 Å². The first-order valence-electron chi connectivity index (χ1n) is 10.3. The van der Waals surface area contributed by atoms with Crippen LogP contribution < -0.4 is 5.73 Å². The molecule has 26 heavy (non-hydrogen) atoms. The zero-order chi connectivity index (χ0) is 18.5. The highest BCUT2D eigenvalue weighted by Gasteiger charge is 2.32. The maximum absolute atomic E-state index is 11.9. The summed E-state index contributed by atoms with van der Waals surface area (Å²) < 4.78 is 6.24. The van der Waals surface area contributed by atoms with Crippen molar-refractivity contribution in [3.63, 3.8) is 0 Å². The van der Waals surface area contributed by atoms with Crippen LogP contribution in [0.5, 0.6) is 0 Å². The number of amides is 1. The van der Waals surface area contributed by atoms with Crippen LogP contribution >= 0.6 is 0 Å². The van der Waals surface area contributed by atoms with E-state index >= 15 is 0 Å². The molecule has 2 atom stereocenters. The lowest BCUT2D eigenvalue weighted by molar-refractivity contribution is -0.135. The summed E-state index contributed by atoms with van der Waals surface area (Å²) in [4.78, 5) is 13.8. The normalized spacial score (nSPS) is 29.6. The fourth-order valence-electron chi connectivity index (χ4n) is 4.72. The van der Waals surface area contributed by atoms with Gasteiger partial charge in [-0.15, -0.1) is 0 Å². The third-order valence-electron chi connectivity index (χ3n) is 6.29. The number of aryl methyl sites for hydroxylation is 1. The monoisotopic (exact) mass is 358 g/mol. The van der Waals surface area contributed by atoms with Gasteiger partial charge in [-0.1, -0.05) is 31.2 Å². The van der Waals surface area contributed by atoms with E-state index in [-0.39, 0.29) is 18.0 Å². The number of hydrogen-bond donors (Lipinski definition) is 1. The topological polar surface area (TPSA) is 55.6 Å². The van der Waals surface area contributed by atoms with Gasteiger partial charge in [-0.25, -0.2) is 0 Å². The van der Waals surface area contributed by atoms with Gasteiger partial charge in [0.05, 0.1) is 18.8 Å². The molecule has 4 nitrogen and oxygen atoms in total. The maximum Gasteiger partial charge on any atom is 0.219 e. The van der Waals surface area contributed by atoms with E-state index in [2.05, 4.69) is 31.2 Å². The van der Waals surface area contributed by atoms with E-state index in [0.717, 1.165) is 38.6 Å². The molecule has 4 heteroatoms. The van der Waals surface area contributed by atoms with E-state index in [0.29, 0.717) is 18.6 Å². The van der Waals surface area contributed by atoms with Crippen molar-refractivity contribution in [2.24, 2.45) is 5.73 Å². The van der Waals surface area contributed by atoms with Gasteiger partial charge in [0.1, 0.15) is 0 Å². The Morgan fingerprint density at radius 1 is 1.19 bits per heavy atom. The Hall–Kier alpha value is -1.39. The second kappa shape index (κ2) is 9.01. The number of hydrogen-bond acceptors (Lipinski definition) is 3. The molecular formula is C22H34N2O2. The van der Waals surface area contributed by atoms with Gasteiger partial charge >= 0.3 is 0 Å². The summed E-state index contributed by atoms with van der Waals surface area (Å²) in [7, 11) is 0. The summed E-state index contributed by atoms with van der Waals surface area (Å²) in [5, 5.41) is 0. The molecule has 1 aliphatic heterocycles. The first-order valence-corrected chi connectivity index (χ1v) is 10.3. The number of rotatable bonds is 5. The zero-order valence-corrected chi connectivity index (χ0v) is 16.3. The zero-order valence-electron chi connectivity index (χ0n) is 16.3. The highest BCUT2D eigenvalue weighted by atomic mass is 16.5. The van der Waals surface area contributed by atoms with Crippen LogP contribution in [-0.2, 0) is 16.0 Å². The van der Waals surface area contributed by atoms with Gasteiger partial charge in [-0.3, -0.25) is 4.79 Å². The summed E-state index contributed by atoms with van der Waals surface area (Å²) in [5.41, 5.74) is 9.30. The van der Waals surface area contributed by atoms with Crippen molar-refractivity contribution < 1.29 is 9.53 Å². The quantitative estimate of drug-likeness (QED) is 0.874. The van der Waals surface area contributed by atoms with Crippen LogP contribution in [0.25, 0.3) is 0 Å². The number of piperidine rings is 1. The van der Waals surface area contributed by atoms with Crippen molar-refractivity contribution in [3.05, 3.63) is 35.4 Å². The Morgan fingerprint density at radius 2 is 1.92 bits per heavy atom. The number of nitrogens with zero attached hydrogens (tertiary/aromatic N) is 1. The average molecular weight is 359 g/mol. The lowest BCUT2D eigenvalue weighted by Crippen LogP contribution is -2.56. The summed E-state index contributed by atoms with van der Waals surface area (Å²) >= 11 is 0. The van der Waals surface area contributed by atoms with Gasteiger partial charge in [-0.2, -0.15) is 0 Å². The second-order valence-electron chi connectivity index (χ2n) is 7.95. The minimum absolute atomic E-state index is 0.0415. The van der Waals surface area contributed by atoms with Crippen LogP contribution in [0.4, 0.5) is 0 Å². The third kappa shape index (κ3) is 4.47. The predicted octanol–water partition coefficient (Wildman–Crippen LogP) is 3.63. The molecule has 1 aromatic carbocycles. The summed E-state index contributed by atoms with van der Waals surface area (Å²) in [6.07, 6.45) is 7.98. The highest BCUT2D eigenvalue weighted by molar-refractivity contribution is 5.73. The van der Waals surface area contributed by atoms with E-state index in [1.54, 1.807) is 6.92 Å². The van der Waals surface area contributed by atoms with E-state index in [4.69, 9.17) is 10.5 Å². The number of ether oxygens (including phenoxy) is 1. The van der Waals surface area contributed by atoms with E-state index in [1.165, 1.54) is 24.0 Å². The standard InChI is InChI=1S/C22H34N2O2/c1-3-17-7-4-5-8-20(17)18-10-12-19(13-11-18)26-15-22-21(23)9-6-14-24(22)16(2)25/h4-5,7-8,18-19,21-22H,3,6,9-15,23H2,1-2H3. The molecule has 2 aliphatic rings. The minimum Gasteiger partial charge on any atom is -0.376 e. The molecule has 1 saturated heterocycles. The fourth-order valence-corrected chi connectivity index (χ4v) is 4.72. The van der Waals surface area contributed by atoms with E-state index in [9.17, 15) is 4.79 Å². The molecule has 1 aliphatic carbocycles. The molecule has 1 amide bonds. The fraction of sp³-hybridized carbons (Fsp3) is 0.682. The number of carbonyl (C=O) groups excluding carboxylic acids is 1. The van der Waals surface area contributed by atoms with Gasteiger partial charge in [0.25, 0.3) is 0 Å². The number of nitrogens with two attached hydrogens (primary N) is 1. The lowest BCUT2D eigenvalue weighted by Gasteiger charge is -2.40. The van der Waals surface area contributed by atoms with Gasteiger partial charge in [0, 0.05) is 19.5 Å². The Kier molecular flexibility index (Phi) is 6.71. The molecule has 2 fully saturated rings. The van der Waals surface area contributed by atoms with Crippen LogP contribution in [0, 0.1) is 0 Å². The van der Waals surface area contributed by atoms with Crippen LogP contribution in [0.2, 0.25) is 0 Å². The molecular weight excluding hydrogens is 324 g/mol. The van der Waals surface area contributed by atoms with Crippen molar-refractivity contribution in [3.8, 4) is 0 Å². The number of likely N-dealkylation sites (tertiary alicyclic amines) is 1. The second-order valence-corrected chi connectivity index (χ2v) is 7.95. The van der Waals surface area contributed by atoms with E-state index < -0.39 is 0 Å². The molecule has 1 saturated carbocycles. The summed E-state index contributed by atoms with van der Waals surface area (Å²) in [5.74, 6) is 0.783. The van der Waals surface area contributed by atoms with Gasteiger partial charge in [-0.05, 0) is 62.0 Å². The van der Waals surface area contributed by atoms with Crippen LogP contribution in [-0.4, -0.2) is 42.1 Å². The van der Waals surface area contributed by atoms with Gasteiger partial charge in [0.15, 0.2) is 0 Å². The summed E-state index contributed by atoms with van der Waals surface area (Å²) in [6.45, 7) is 5.28. The molecule has 2 N–H and O–H groups in total. The van der Waals surface area contributed by atoms with Crippen LogP contribution in [0.15, 0.2) is 24.3 Å². The number of carbonyl (C=O) groups is 1. The number of benzene rings is 1. The molecule has 0 bridgehead atoms. The van der Waals surface area contributed by atoms with E-state index in [1.807, 2.05) is 4.90 Å². The van der Waals surface area contributed by atoms with Crippen molar-refractivity contribution in [1.82, 2.24) is 4.90 Å². The molecule has 144 valence electrons. The lowest BCUT2D eigenvalue weighted by atomic mass is 9.80. The molecule has 0 radical (unpaired) electrons. The van der Waals surface area contributed by atoms with Crippen molar-refractivity contribution in [1.29, 1.82) is 0 Å². The molecule has 0 spiro atoms. The van der Waals surface area contributed by atoms with Crippen LogP contribution in [0.1, 0.15) is 69.4 Å². The molecule has 1 aromatic rings. The molecule has 3 rings (SSSR count). The van der Waals surface area contributed by atoms with Crippen molar-refractivity contribution >= 4 is 5.91 Å². The Bertz CT molecular complexity index is 596. The van der Waals surface area contributed by atoms with Gasteiger partial charge in [0.2, 0.25) is 5.91 Å². The van der Waals surface area contributed by atoms with Crippen molar-refractivity contribution in [2.45, 2.75) is 82.9 Å². The predicted molar refractivity (Wildman–Crippen MR) is 105 cm³/mol. The Labute approximate surface area is 158 Å². The van der Waals surface area contributed by atoms with Crippen LogP contribution in [0.3, 0.4) is 0 Å². The Balaban J connectivity index is 1.51. The largest absolute Gasteiger partial charge is 0.376 e. The SMILES string of the molecule is CCc1ccccc1C1CCC(OCC2C(N)CCCN2C(C)=O)CC1. The molecule has 0 aromatic heterocycles. The smallest absolute Gasteiger partial charge is 0.219 e. The third-order valence-corrected chi connectivity index (χ3v) is 6.29. The Morgan fingerprint density at radius 3 is 2.62 bits per heavy atom. The van der Waals surface area contributed by atoms with Gasteiger partial charge < -0.3 is 15.4 Å².